The van der Waals surface area contributed by atoms with Gasteiger partial charge in [0.05, 0.1) is 22.9 Å². The lowest BCUT2D eigenvalue weighted by Gasteiger charge is -2.49. The van der Waals surface area contributed by atoms with Crippen LogP contribution >= 0.6 is 23.2 Å². The van der Waals surface area contributed by atoms with Gasteiger partial charge in [-0.15, -0.1) is 0 Å². The summed E-state index contributed by atoms with van der Waals surface area (Å²) >= 11 is 12.9. The van der Waals surface area contributed by atoms with Crippen molar-refractivity contribution >= 4 is 46.0 Å². The van der Waals surface area contributed by atoms with Crippen LogP contribution in [0, 0.1) is 0 Å². The predicted molar refractivity (Wildman–Crippen MR) is 145 cm³/mol. The maximum Gasteiger partial charge on any atom is 0.255 e. The van der Waals surface area contributed by atoms with Crippen molar-refractivity contribution in [2.24, 2.45) is 0 Å². The molecular weight excluding hydrogens is 565 g/mol. The standard InChI is InChI=1S/C26H27Cl2N5O5S/c1-39(36)32-20-8-4-5-9-21(20)33-24(18-11-10-15(27)12-19(18)28)23(16-6-2-3-7-17(16)26(33)35)25(34)31-37-13-22-29-14-38-30-22/h2-3,6-7,10-12,14,20-21,23-24,32H,4-5,8-9,13H2,1H3,(H,31,34)/t20-,21-,23+,24-,39?/m0/s1. The highest BCUT2D eigenvalue weighted by molar-refractivity contribution is 7.82. The van der Waals surface area contributed by atoms with Crippen LogP contribution in [-0.2, 0) is 27.2 Å². The summed E-state index contributed by atoms with van der Waals surface area (Å²) in [5.41, 5.74) is 4.05. The number of amides is 2. The van der Waals surface area contributed by atoms with E-state index >= 15 is 0 Å². The van der Waals surface area contributed by atoms with E-state index < -0.39 is 28.9 Å². The molecule has 0 radical (unpaired) electrons. The number of fused-ring (bicyclic) bond motifs is 1. The normalized spacial score (nSPS) is 23.8. The lowest BCUT2D eigenvalue weighted by Crippen LogP contribution is -2.58. The molecule has 1 aromatic heterocycles. The Morgan fingerprint density at radius 3 is 2.72 bits per heavy atom. The van der Waals surface area contributed by atoms with Crippen LogP contribution in [0.4, 0.5) is 0 Å². The number of carbonyl (C=O) groups is 2. The fraction of sp³-hybridized carbons (Fsp3) is 0.385. The van der Waals surface area contributed by atoms with Gasteiger partial charge in [-0.3, -0.25) is 14.4 Å². The van der Waals surface area contributed by atoms with Crippen molar-refractivity contribution < 1.29 is 23.2 Å². The second kappa shape index (κ2) is 12.1. The molecule has 5 rings (SSSR count). The van der Waals surface area contributed by atoms with Gasteiger partial charge >= 0.3 is 0 Å². The van der Waals surface area contributed by atoms with Gasteiger partial charge in [0, 0.05) is 33.9 Å². The van der Waals surface area contributed by atoms with E-state index in [1.165, 1.54) is 0 Å². The number of hydrogen-bond donors (Lipinski definition) is 2. The first-order valence-electron chi connectivity index (χ1n) is 12.5. The molecule has 10 nitrogen and oxygen atoms in total. The average molecular weight is 593 g/mol. The Balaban J connectivity index is 1.60. The number of carbonyl (C=O) groups excluding carboxylic acids is 2. The Morgan fingerprint density at radius 1 is 1.18 bits per heavy atom. The second-order valence-corrected chi connectivity index (χ2v) is 11.5. The van der Waals surface area contributed by atoms with Gasteiger partial charge in [-0.1, -0.05) is 65.5 Å². The van der Waals surface area contributed by atoms with Crippen molar-refractivity contribution in [1.29, 1.82) is 0 Å². The van der Waals surface area contributed by atoms with Crippen molar-refractivity contribution in [2.75, 3.05) is 6.26 Å². The number of nitrogens with zero attached hydrogens (tertiary/aromatic N) is 3. The van der Waals surface area contributed by atoms with Gasteiger partial charge in [0.2, 0.25) is 6.39 Å². The number of hydrogen-bond acceptors (Lipinski definition) is 7. The maximum atomic E-state index is 14.2. The van der Waals surface area contributed by atoms with Crippen LogP contribution < -0.4 is 10.2 Å². The second-order valence-electron chi connectivity index (χ2n) is 9.52. The lowest BCUT2D eigenvalue weighted by atomic mass is 9.76. The number of rotatable bonds is 8. The fourth-order valence-electron chi connectivity index (χ4n) is 5.56. The molecule has 2 aromatic carbocycles. The molecule has 5 atom stereocenters. The maximum absolute atomic E-state index is 14.2. The van der Waals surface area contributed by atoms with Gasteiger partial charge in [0.25, 0.3) is 11.8 Å². The molecule has 1 aliphatic heterocycles. The first-order chi connectivity index (χ1) is 18.8. The molecule has 206 valence electrons. The van der Waals surface area contributed by atoms with Gasteiger partial charge in [-0.05, 0) is 42.2 Å². The molecule has 1 aliphatic carbocycles. The Labute approximate surface area is 237 Å². The van der Waals surface area contributed by atoms with Gasteiger partial charge < -0.3 is 9.42 Å². The first-order valence-corrected chi connectivity index (χ1v) is 14.8. The predicted octanol–water partition coefficient (Wildman–Crippen LogP) is 4.10. The van der Waals surface area contributed by atoms with Crippen molar-refractivity contribution in [3.8, 4) is 0 Å². The third-order valence-corrected chi connectivity index (χ3v) is 8.32. The molecule has 39 heavy (non-hydrogen) atoms. The van der Waals surface area contributed by atoms with Gasteiger partial charge in [-0.2, -0.15) is 4.98 Å². The van der Waals surface area contributed by atoms with Crippen molar-refractivity contribution in [1.82, 2.24) is 25.2 Å². The molecule has 2 N–H and O–H groups in total. The third-order valence-electron chi connectivity index (χ3n) is 7.12. The number of benzene rings is 2. The Kier molecular flexibility index (Phi) is 8.63. The molecule has 0 bridgehead atoms. The Bertz CT molecular complexity index is 1370. The molecular formula is C26H27Cl2N5O5S. The Morgan fingerprint density at radius 2 is 1.97 bits per heavy atom. The fourth-order valence-corrected chi connectivity index (χ4v) is 6.78. The zero-order chi connectivity index (χ0) is 27.5. The number of hydroxylamine groups is 1. The minimum atomic E-state index is -1.29. The van der Waals surface area contributed by atoms with E-state index in [2.05, 4.69) is 20.3 Å². The highest BCUT2D eigenvalue weighted by atomic mass is 35.5. The van der Waals surface area contributed by atoms with Crippen molar-refractivity contribution in [2.45, 2.75) is 56.3 Å². The van der Waals surface area contributed by atoms with Crippen LogP contribution in [0.15, 0.2) is 53.4 Å². The molecule has 2 aliphatic rings. The molecule has 1 unspecified atom stereocenters. The van der Waals surface area contributed by atoms with Gasteiger partial charge in [0.1, 0.15) is 6.61 Å². The van der Waals surface area contributed by atoms with Crippen LogP contribution in [0.2, 0.25) is 10.0 Å². The van der Waals surface area contributed by atoms with Crippen molar-refractivity contribution in [3.63, 3.8) is 0 Å². The van der Waals surface area contributed by atoms with Crippen LogP contribution in [0.25, 0.3) is 0 Å². The number of aromatic nitrogens is 2. The summed E-state index contributed by atoms with van der Waals surface area (Å²) < 4.78 is 20.1. The summed E-state index contributed by atoms with van der Waals surface area (Å²) in [5.74, 6) is -1.31. The van der Waals surface area contributed by atoms with E-state index in [0.717, 1.165) is 25.7 Å². The summed E-state index contributed by atoms with van der Waals surface area (Å²) in [6.45, 7) is -0.109. The summed E-state index contributed by atoms with van der Waals surface area (Å²) in [7, 11) is -1.29. The van der Waals surface area contributed by atoms with E-state index in [1.807, 2.05) is 0 Å². The highest BCUT2D eigenvalue weighted by Gasteiger charge is 2.49. The van der Waals surface area contributed by atoms with Gasteiger partial charge in [-0.25, -0.2) is 14.4 Å². The molecule has 1 fully saturated rings. The minimum absolute atomic E-state index is 0.109. The highest BCUT2D eigenvalue weighted by Crippen LogP contribution is 2.47. The number of nitrogens with one attached hydrogen (secondary N) is 2. The zero-order valence-corrected chi connectivity index (χ0v) is 23.3. The van der Waals surface area contributed by atoms with E-state index in [4.69, 9.17) is 32.6 Å². The number of halogens is 2. The van der Waals surface area contributed by atoms with Gasteiger partial charge in [0.15, 0.2) is 5.82 Å². The van der Waals surface area contributed by atoms with E-state index in [-0.39, 0.29) is 30.4 Å². The monoisotopic (exact) mass is 591 g/mol. The third kappa shape index (κ3) is 5.87. The summed E-state index contributed by atoms with van der Waals surface area (Å²) in [4.78, 5) is 39.1. The van der Waals surface area contributed by atoms with E-state index in [1.54, 1.807) is 53.6 Å². The van der Waals surface area contributed by atoms with Crippen LogP contribution in [0.3, 0.4) is 0 Å². The van der Waals surface area contributed by atoms with E-state index in [9.17, 15) is 13.8 Å². The molecule has 2 heterocycles. The minimum Gasteiger partial charge on any atom is -0.343 e. The molecule has 13 heteroatoms. The van der Waals surface area contributed by atoms with Crippen LogP contribution in [0.1, 0.15) is 65.0 Å². The summed E-state index contributed by atoms with van der Waals surface area (Å²) in [6, 6.07) is 10.7. The van der Waals surface area contributed by atoms with Crippen LogP contribution in [0.5, 0.6) is 0 Å². The average Bonchev–Trinajstić information content (AvgIpc) is 3.43. The smallest absolute Gasteiger partial charge is 0.255 e. The van der Waals surface area contributed by atoms with Crippen LogP contribution in [-0.4, -0.2) is 49.4 Å². The summed E-state index contributed by atoms with van der Waals surface area (Å²) in [5, 5.41) is 4.44. The van der Waals surface area contributed by atoms with Crippen molar-refractivity contribution in [3.05, 3.63) is 81.4 Å². The molecule has 0 spiro atoms. The SMILES string of the molecule is CS(=O)N[C@H]1CCCC[C@@H]1N1C(=O)c2ccccc2[C@@H](C(=O)NOCc2ncon2)[C@@H]1c1ccc(Cl)cc1Cl. The first kappa shape index (κ1) is 27.7. The quantitative estimate of drug-likeness (QED) is 0.377. The molecule has 3 aromatic rings. The lowest BCUT2D eigenvalue weighted by molar-refractivity contribution is -0.138. The molecule has 2 amide bonds. The molecule has 1 saturated carbocycles. The topological polar surface area (TPSA) is 127 Å². The molecule has 0 saturated heterocycles. The largest absolute Gasteiger partial charge is 0.343 e. The van der Waals surface area contributed by atoms with E-state index in [0.29, 0.717) is 33.2 Å². The Hall–Kier alpha value is -2.83. The zero-order valence-electron chi connectivity index (χ0n) is 21.0. The summed E-state index contributed by atoms with van der Waals surface area (Å²) in [6.07, 6.45) is 5.97.